The van der Waals surface area contributed by atoms with Gasteiger partial charge >= 0.3 is 5.97 Å². The van der Waals surface area contributed by atoms with Gasteiger partial charge in [-0.05, 0) is 134 Å². The Bertz CT molecular complexity index is 1360. The molecule has 48 heavy (non-hydrogen) atoms. The number of unbranched alkanes of at least 4 members (excludes halogenated alkanes) is 1. The van der Waals surface area contributed by atoms with Crippen LogP contribution in [0.2, 0.25) is 0 Å². The lowest BCUT2D eigenvalue weighted by Gasteiger charge is -2.72. The van der Waals surface area contributed by atoms with Gasteiger partial charge in [0.15, 0.2) is 0 Å². The molecule has 4 saturated carbocycles. The van der Waals surface area contributed by atoms with Gasteiger partial charge in [-0.15, -0.1) is 0 Å². The second-order valence-electron chi connectivity index (χ2n) is 17.7. The van der Waals surface area contributed by atoms with Crippen molar-refractivity contribution in [1.29, 1.82) is 0 Å². The molecule has 0 heterocycles. The van der Waals surface area contributed by atoms with Gasteiger partial charge in [0.2, 0.25) is 5.91 Å². The molecule has 4 aliphatic carbocycles. The summed E-state index contributed by atoms with van der Waals surface area (Å²) in [6, 6.07) is 7.45. The molecule has 7 heteroatoms. The number of aliphatic carboxylic acids is 1. The summed E-state index contributed by atoms with van der Waals surface area (Å²) in [6.07, 6.45) is 11.7. The average molecular weight is 665 g/mol. The van der Waals surface area contributed by atoms with Crippen LogP contribution in [0, 0.1) is 50.7 Å². The molecule has 4 fully saturated rings. The number of carbonyl (C=O) groups excluding carboxylic acids is 2. The van der Waals surface area contributed by atoms with Gasteiger partial charge in [0, 0.05) is 25.1 Å². The highest BCUT2D eigenvalue weighted by molar-refractivity contribution is 5.94. The zero-order valence-electron chi connectivity index (χ0n) is 30.9. The number of carboxylic acids is 1. The van der Waals surface area contributed by atoms with E-state index >= 15 is 0 Å². The summed E-state index contributed by atoms with van der Waals surface area (Å²) in [5, 5.41) is 26.1. The number of nitrogens with one attached hydrogen (secondary N) is 2. The second-order valence-corrected chi connectivity index (χ2v) is 17.7. The molecule has 7 nitrogen and oxygen atoms in total. The summed E-state index contributed by atoms with van der Waals surface area (Å²) in [5.41, 5.74) is 1.65. The summed E-state index contributed by atoms with van der Waals surface area (Å²) < 4.78 is 0. The molecule has 1 aromatic carbocycles. The fraction of sp³-hybridized carbons (Fsp3) is 0.780. The summed E-state index contributed by atoms with van der Waals surface area (Å²) >= 11 is 0. The van der Waals surface area contributed by atoms with Crippen molar-refractivity contribution in [2.45, 2.75) is 145 Å². The van der Waals surface area contributed by atoms with Gasteiger partial charge in [0.25, 0.3) is 5.91 Å². The number of fused-ring (bicyclic) bond motifs is 5. The first-order chi connectivity index (χ1) is 22.6. The number of amides is 2. The molecule has 4 N–H and O–H groups in total. The van der Waals surface area contributed by atoms with E-state index in [-0.39, 0.29) is 51.9 Å². The van der Waals surface area contributed by atoms with Crippen molar-refractivity contribution in [3.8, 4) is 0 Å². The fourth-order valence-electron chi connectivity index (χ4n) is 12.4. The number of hydrogen-bond donors (Lipinski definition) is 4. The Hall–Kier alpha value is -2.41. The molecule has 1 aromatic rings. The maximum absolute atomic E-state index is 14.4. The van der Waals surface area contributed by atoms with E-state index in [0.29, 0.717) is 49.2 Å². The van der Waals surface area contributed by atoms with Crippen molar-refractivity contribution in [1.82, 2.24) is 10.6 Å². The van der Waals surface area contributed by atoms with Crippen LogP contribution in [0.5, 0.6) is 0 Å². The van der Waals surface area contributed by atoms with Crippen molar-refractivity contribution in [2.24, 2.45) is 50.7 Å². The topological polar surface area (TPSA) is 116 Å². The van der Waals surface area contributed by atoms with Crippen LogP contribution < -0.4 is 10.6 Å². The SMILES string of the molecule is CCCC1(C(=O)NCc2cccc(C(=O)NCCCCC(=O)O)c2)CC[C@]2(C)C(CCC3C4(C)CCC(O)C(C)(C)C4CCC32C)C1C. The Balaban J connectivity index is 1.28. The molecular weight excluding hydrogens is 600 g/mol. The van der Waals surface area contributed by atoms with E-state index in [4.69, 9.17) is 5.11 Å². The first-order valence-corrected chi connectivity index (χ1v) is 19.1. The smallest absolute Gasteiger partial charge is 0.303 e. The number of hydrogen-bond acceptors (Lipinski definition) is 4. The van der Waals surface area contributed by atoms with Crippen LogP contribution >= 0.6 is 0 Å². The Morgan fingerprint density at radius 3 is 2.33 bits per heavy atom. The maximum atomic E-state index is 14.4. The minimum atomic E-state index is -0.822. The highest BCUT2D eigenvalue weighted by atomic mass is 16.4. The molecule has 0 aliphatic heterocycles. The van der Waals surface area contributed by atoms with Gasteiger partial charge in [-0.1, -0.05) is 67.0 Å². The van der Waals surface area contributed by atoms with Crippen LogP contribution in [0.15, 0.2) is 24.3 Å². The first kappa shape index (κ1) is 36.9. The predicted octanol–water partition coefficient (Wildman–Crippen LogP) is 8.14. The van der Waals surface area contributed by atoms with Crippen LogP contribution in [0.25, 0.3) is 0 Å². The lowest BCUT2D eigenvalue weighted by Crippen LogP contribution is -2.67. The van der Waals surface area contributed by atoms with Crippen LogP contribution in [0.3, 0.4) is 0 Å². The number of aliphatic hydroxyl groups excluding tert-OH is 1. The minimum Gasteiger partial charge on any atom is -0.481 e. The average Bonchev–Trinajstić information content (AvgIpc) is 3.03. The van der Waals surface area contributed by atoms with Crippen molar-refractivity contribution in [3.63, 3.8) is 0 Å². The van der Waals surface area contributed by atoms with Gasteiger partial charge in [-0.2, -0.15) is 0 Å². The molecule has 0 bridgehead atoms. The largest absolute Gasteiger partial charge is 0.481 e. The van der Waals surface area contributed by atoms with E-state index < -0.39 is 11.4 Å². The van der Waals surface area contributed by atoms with Gasteiger partial charge in [0.1, 0.15) is 0 Å². The molecular formula is C41H64N2O5. The molecule has 0 spiro atoms. The van der Waals surface area contributed by atoms with Gasteiger partial charge in [-0.25, -0.2) is 0 Å². The minimum absolute atomic E-state index is 0.0487. The van der Waals surface area contributed by atoms with Gasteiger partial charge in [0.05, 0.1) is 11.5 Å². The quantitative estimate of drug-likeness (QED) is 0.178. The zero-order valence-corrected chi connectivity index (χ0v) is 30.9. The number of rotatable bonds is 11. The predicted molar refractivity (Wildman–Crippen MR) is 190 cm³/mol. The molecule has 8 unspecified atom stereocenters. The first-order valence-electron chi connectivity index (χ1n) is 19.1. The monoisotopic (exact) mass is 664 g/mol. The van der Waals surface area contributed by atoms with Gasteiger partial charge in [-0.3, -0.25) is 14.4 Å². The van der Waals surface area contributed by atoms with Crippen LogP contribution in [-0.2, 0) is 16.1 Å². The Morgan fingerprint density at radius 2 is 1.62 bits per heavy atom. The standard InChI is InChI=1S/C41H64N2O5/c1-8-19-41(36(48)43-26-28-12-11-13-29(25-28)35(47)42-24-10-9-14-34(45)46)23-22-39(6)30(27(41)2)15-16-32-38(5)20-18-33(44)37(3,4)31(38)17-21-40(32,39)7/h11-13,25,27,30-33,44H,8-10,14-24,26H2,1-7H3,(H,42,47)(H,43,48)(H,45,46)/t27?,30?,31?,32?,33?,38?,39-,40?,41?/m1/s1. The zero-order chi connectivity index (χ0) is 35.1. The molecule has 9 atom stereocenters. The number of carboxylic acid groups (broad SMARTS) is 1. The van der Waals surface area contributed by atoms with Crippen LogP contribution in [0.1, 0.15) is 148 Å². The molecule has 2 amide bonds. The summed E-state index contributed by atoms with van der Waals surface area (Å²) in [5.74, 6) is 1.13. The van der Waals surface area contributed by atoms with E-state index in [1.807, 2.05) is 18.2 Å². The Morgan fingerprint density at radius 1 is 0.875 bits per heavy atom. The lowest BCUT2D eigenvalue weighted by molar-refractivity contribution is -0.246. The molecule has 4 aliphatic rings. The van der Waals surface area contributed by atoms with Crippen molar-refractivity contribution >= 4 is 17.8 Å². The molecule has 0 radical (unpaired) electrons. The van der Waals surface area contributed by atoms with Gasteiger partial charge < -0.3 is 20.8 Å². The molecule has 5 rings (SSSR count). The third-order valence-electron chi connectivity index (χ3n) is 15.4. The summed E-state index contributed by atoms with van der Waals surface area (Å²) in [6.45, 7) is 17.8. The third-order valence-corrected chi connectivity index (χ3v) is 15.4. The highest BCUT2D eigenvalue weighted by Gasteiger charge is 2.69. The highest BCUT2D eigenvalue weighted by Crippen LogP contribution is 2.75. The van der Waals surface area contributed by atoms with Crippen LogP contribution in [0.4, 0.5) is 0 Å². The fourth-order valence-corrected chi connectivity index (χ4v) is 12.4. The van der Waals surface area contributed by atoms with E-state index in [1.165, 1.54) is 25.7 Å². The van der Waals surface area contributed by atoms with E-state index in [1.54, 1.807) is 6.07 Å². The lowest BCUT2D eigenvalue weighted by atomic mass is 9.32. The van der Waals surface area contributed by atoms with Crippen molar-refractivity contribution in [2.75, 3.05) is 6.54 Å². The second kappa shape index (κ2) is 13.7. The number of aliphatic hydroxyl groups is 1. The van der Waals surface area contributed by atoms with E-state index in [2.05, 4.69) is 59.1 Å². The number of benzene rings is 1. The Labute approximate surface area is 289 Å². The van der Waals surface area contributed by atoms with E-state index in [9.17, 15) is 19.5 Å². The third kappa shape index (κ3) is 6.13. The van der Waals surface area contributed by atoms with E-state index in [0.717, 1.165) is 44.1 Å². The van der Waals surface area contributed by atoms with Crippen molar-refractivity contribution < 1.29 is 24.6 Å². The molecule has 268 valence electrons. The molecule has 0 aromatic heterocycles. The maximum Gasteiger partial charge on any atom is 0.303 e. The summed E-state index contributed by atoms with van der Waals surface area (Å²) in [4.78, 5) is 37.9. The van der Waals surface area contributed by atoms with Crippen LogP contribution in [-0.4, -0.2) is 40.6 Å². The summed E-state index contributed by atoms with van der Waals surface area (Å²) in [7, 11) is 0. The Kier molecular flexibility index (Phi) is 10.5. The normalized spacial score (nSPS) is 38.5. The molecule has 0 saturated heterocycles. The van der Waals surface area contributed by atoms with Crippen molar-refractivity contribution in [3.05, 3.63) is 35.4 Å². The number of carbonyl (C=O) groups is 3.